The van der Waals surface area contributed by atoms with Gasteiger partial charge in [0.15, 0.2) is 5.96 Å². The number of allylic oxidation sites excluding steroid dienone is 2. The third-order valence-electron chi connectivity index (χ3n) is 7.70. The van der Waals surface area contributed by atoms with Crippen LogP contribution in [-0.2, 0) is 15.0 Å². The topological polar surface area (TPSA) is 73.8 Å². The Kier molecular flexibility index (Phi) is 6.42. The highest BCUT2D eigenvalue weighted by atomic mass is 127. The summed E-state index contributed by atoms with van der Waals surface area (Å²) in [6.45, 7) is 1.74. The summed E-state index contributed by atoms with van der Waals surface area (Å²) in [7, 11) is 1.76. The Morgan fingerprint density at radius 3 is 2.26 bits per heavy atom. The molecule has 0 radical (unpaired) electrons. The van der Waals surface area contributed by atoms with Gasteiger partial charge in [0.2, 0.25) is 11.8 Å². The Morgan fingerprint density at radius 1 is 1.06 bits per heavy atom. The van der Waals surface area contributed by atoms with Crippen LogP contribution in [0.1, 0.15) is 31.2 Å². The number of nitrogens with zero attached hydrogens (tertiary/aromatic N) is 2. The van der Waals surface area contributed by atoms with Crippen molar-refractivity contribution in [3.63, 3.8) is 0 Å². The van der Waals surface area contributed by atoms with Crippen molar-refractivity contribution in [3.8, 4) is 0 Å². The molecule has 4 aliphatic rings. The first-order chi connectivity index (χ1) is 14.6. The Morgan fingerprint density at radius 2 is 1.71 bits per heavy atom. The Balaban J connectivity index is 0.00000231. The molecule has 166 valence electrons. The van der Waals surface area contributed by atoms with Crippen molar-refractivity contribution in [2.45, 2.75) is 31.1 Å². The molecule has 4 unspecified atom stereocenters. The molecule has 4 atom stereocenters. The van der Waals surface area contributed by atoms with E-state index in [1.165, 1.54) is 29.7 Å². The molecule has 2 N–H and O–H groups in total. The van der Waals surface area contributed by atoms with Gasteiger partial charge in [-0.15, -0.1) is 24.0 Å². The number of aliphatic imine (C=N–C) groups is 1. The van der Waals surface area contributed by atoms with Crippen LogP contribution >= 0.6 is 24.0 Å². The van der Waals surface area contributed by atoms with Gasteiger partial charge in [0.1, 0.15) is 0 Å². The quantitative estimate of drug-likeness (QED) is 0.194. The van der Waals surface area contributed by atoms with Gasteiger partial charge in [-0.05, 0) is 36.7 Å². The molecule has 5 rings (SSSR count). The SMILES string of the molecule is CN=C(NCCN1C(=O)C2C3C=CC(C3)C2C1=O)NCC1(c2ccccc2)CCC1.I. The summed E-state index contributed by atoms with van der Waals surface area (Å²) in [6.07, 6.45) is 8.84. The first kappa shape index (κ1) is 22.3. The van der Waals surface area contributed by atoms with Crippen LogP contribution in [-0.4, -0.2) is 49.4 Å². The van der Waals surface area contributed by atoms with Crippen LogP contribution in [0.3, 0.4) is 0 Å². The van der Waals surface area contributed by atoms with Gasteiger partial charge in [0.05, 0.1) is 11.8 Å². The Labute approximate surface area is 201 Å². The minimum absolute atomic E-state index is 0. The molecule has 3 aliphatic carbocycles. The van der Waals surface area contributed by atoms with Gasteiger partial charge in [-0.3, -0.25) is 19.5 Å². The monoisotopic (exact) mass is 534 g/mol. The van der Waals surface area contributed by atoms with Crippen LogP contribution in [0.5, 0.6) is 0 Å². The number of benzene rings is 1. The summed E-state index contributed by atoms with van der Waals surface area (Å²) in [6, 6.07) is 10.7. The lowest BCUT2D eigenvalue weighted by Crippen LogP contribution is -2.50. The molecule has 2 bridgehead atoms. The van der Waals surface area contributed by atoms with Gasteiger partial charge in [0, 0.05) is 32.1 Å². The van der Waals surface area contributed by atoms with E-state index in [0.717, 1.165) is 18.9 Å². The lowest BCUT2D eigenvalue weighted by molar-refractivity contribution is -0.140. The van der Waals surface area contributed by atoms with Crippen molar-refractivity contribution in [2.24, 2.45) is 28.7 Å². The highest BCUT2D eigenvalue weighted by Gasteiger charge is 2.58. The average molecular weight is 534 g/mol. The molecule has 3 fully saturated rings. The Hall–Kier alpha value is -1.90. The molecule has 6 nitrogen and oxygen atoms in total. The van der Waals surface area contributed by atoms with E-state index in [-0.39, 0.29) is 64.9 Å². The lowest BCUT2D eigenvalue weighted by Gasteiger charge is -2.43. The van der Waals surface area contributed by atoms with Crippen molar-refractivity contribution in [1.29, 1.82) is 0 Å². The number of imide groups is 1. The van der Waals surface area contributed by atoms with Crippen molar-refractivity contribution < 1.29 is 9.59 Å². The van der Waals surface area contributed by atoms with Gasteiger partial charge in [0.25, 0.3) is 0 Å². The van der Waals surface area contributed by atoms with Gasteiger partial charge in [-0.25, -0.2) is 0 Å². The molecule has 1 saturated heterocycles. The second kappa shape index (κ2) is 8.92. The lowest BCUT2D eigenvalue weighted by atomic mass is 9.64. The van der Waals surface area contributed by atoms with Crippen LogP contribution in [0, 0.1) is 23.7 Å². The number of carbonyl (C=O) groups excluding carboxylic acids is 2. The second-order valence-electron chi connectivity index (χ2n) is 9.18. The third-order valence-corrected chi connectivity index (χ3v) is 7.70. The van der Waals surface area contributed by atoms with E-state index >= 15 is 0 Å². The van der Waals surface area contributed by atoms with Crippen LogP contribution < -0.4 is 10.6 Å². The van der Waals surface area contributed by atoms with Crippen LogP contribution in [0.4, 0.5) is 0 Å². The summed E-state index contributed by atoms with van der Waals surface area (Å²) in [5, 5.41) is 6.75. The summed E-state index contributed by atoms with van der Waals surface area (Å²) in [5.41, 5.74) is 1.55. The zero-order valence-electron chi connectivity index (χ0n) is 17.9. The second-order valence-corrected chi connectivity index (χ2v) is 9.18. The van der Waals surface area contributed by atoms with Crippen LogP contribution in [0.15, 0.2) is 47.5 Å². The maximum absolute atomic E-state index is 12.8. The number of amides is 2. The van der Waals surface area contributed by atoms with E-state index < -0.39 is 0 Å². The summed E-state index contributed by atoms with van der Waals surface area (Å²) in [5.74, 6) is 1.05. The smallest absolute Gasteiger partial charge is 0.233 e. The molecule has 1 heterocycles. The fraction of sp³-hybridized carbons (Fsp3) is 0.542. The van der Waals surface area contributed by atoms with Gasteiger partial charge in [-0.2, -0.15) is 0 Å². The molecular weight excluding hydrogens is 503 g/mol. The van der Waals surface area contributed by atoms with E-state index in [2.05, 4.69) is 58.1 Å². The minimum Gasteiger partial charge on any atom is -0.356 e. The molecular formula is C24H31IN4O2. The minimum atomic E-state index is -0.116. The first-order valence-electron chi connectivity index (χ1n) is 11.2. The fourth-order valence-corrected chi connectivity index (χ4v) is 5.91. The van der Waals surface area contributed by atoms with E-state index in [0.29, 0.717) is 13.1 Å². The van der Waals surface area contributed by atoms with E-state index in [9.17, 15) is 9.59 Å². The summed E-state index contributed by atoms with van der Waals surface area (Å²) < 4.78 is 0. The zero-order valence-corrected chi connectivity index (χ0v) is 20.3. The highest BCUT2D eigenvalue weighted by Crippen LogP contribution is 2.52. The number of guanidine groups is 1. The predicted octanol–water partition coefficient (Wildman–Crippen LogP) is 2.70. The van der Waals surface area contributed by atoms with E-state index in [1.54, 1.807) is 7.05 Å². The largest absolute Gasteiger partial charge is 0.356 e. The molecule has 0 aromatic heterocycles. The maximum Gasteiger partial charge on any atom is 0.233 e. The first-order valence-corrected chi connectivity index (χ1v) is 11.2. The summed E-state index contributed by atoms with van der Waals surface area (Å²) in [4.78, 5) is 31.4. The molecule has 1 aliphatic heterocycles. The van der Waals surface area contributed by atoms with Crippen molar-refractivity contribution >= 4 is 41.8 Å². The number of fused-ring (bicyclic) bond motifs is 5. The number of likely N-dealkylation sites (tertiary alicyclic amines) is 1. The van der Waals surface area contributed by atoms with Gasteiger partial charge >= 0.3 is 0 Å². The Bertz CT molecular complexity index is 866. The zero-order chi connectivity index (χ0) is 20.7. The van der Waals surface area contributed by atoms with E-state index in [1.807, 2.05) is 0 Å². The average Bonchev–Trinajstić information content (AvgIpc) is 3.42. The standard InChI is InChI=1S/C24H30N4O2.HI/c1-25-23(27-15-24(10-5-11-24)18-6-3-2-4-7-18)26-12-13-28-21(29)19-16-8-9-17(14-16)20(19)22(28)30;/h2-4,6-9,16-17,19-20H,5,10-15H2,1H3,(H2,25,26,27);1H. The number of hydrogen-bond acceptors (Lipinski definition) is 3. The predicted molar refractivity (Wildman–Crippen MR) is 131 cm³/mol. The molecule has 31 heavy (non-hydrogen) atoms. The number of nitrogens with one attached hydrogen (secondary N) is 2. The number of rotatable bonds is 6. The molecule has 0 spiro atoms. The molecule has 2 saturated carbocycles. The van der Waals surface area contributed by atoms with Crippen LogP contribution in [0.25, 0.3) is 0 Å². The maximum atomic E-state index is 12.8. The van der Waals surface area contributed by atoms with Crippen molar-refractivity contribution in [2.75, 3.05) is 26.7 Å². The van der Waals surface area contributed by atoms with E-state index in [4.69, 9.17) is 0 Å². The van der Waals surface area contributed by atoms with Gasteiger partial charge < -0.3 is 10.6 Å². The molecule has 7 heteroatoms. The van der Waals surface area contributed by atoms with Crippen LogP contribution in [0.2, 0.25) is 0 Å². The van der Waals surface area contributed by atoms with Crippen molar-refractivity contribution in [3.05, 3.63) is 48.0 Å². The molecule has 1 aromatic rings. The fourth-order valence-electron chi connectivity index (χ4n) is 5.91. The highest BCUT2D eigenvalue weighted by molar-refractivity contribution is 14.0. The third kappa shape index (κ3) is 3.79. The van der Waals surface area contributed by atoms with Gasteiger partial charge in [-0.1, -0.05) is 48.9 Å². The molecule has 2 amide bonds. The summed E-state index contributed by atoms with van der Waals surface area (Å²) >= 11 is 0. The number of carbonyl (C=O) groups is 2. The normalized spacial score (nSPS) is 30.1. The number of hydrogen-bond donors (Lipinski definition) is 2. The number of halogens is 1. The van der Waals surface area contributed by atoms with Crippen molar-refractivity contribution in [1.82, 2.24) is 15.5 Å². The molecule has 1 aromatic carbocycles.